The standard InChI is InChI=1S/C14H21N3O3/c1-5-11(13(18)19)17(4)14(20)15-10-8-6-7-9-12(10)16(2)3/h6-9,11H,5H2,1-4H3,(H,15,20)(H,18,19). The van der Waals surface area contributed by atoms with E-state index < -0.39 is 18.0 Å². The number of carboxylic acid groups (broad SMARTS) is 1. The maximum atomic E-state index is 12.1. The summed E-state index contributed by atoms with van der Waals surface area (Å²) in [6, 6.07) is 6.08. The van der Waals surface area contributed by atoms with Crippen molar-refractivity contribution in [2.75, 3.05) is 31.4 Å². The van der Waals surface area contributed by atoms with E-state index >= 15 is 0 Å². The van der Waals surface area contributed by atoms with Gasteiger partial charge in [-0.05, 0) is 18.6 Å². The topological polar surface area (TPSA) is 72.9 Å². The molecule has 1 unspecified atom stereocenters. The predicted molar refractivity (Wildman–Crippen MR) is 79.3 cm³/mol. The van der Waals surface area contributed by atoms with Crippen molar-refractivity contribution in [1.29, 1.82) is 0 Å². The van der Waals surface area contributed by atoms with Crippen LogP contribution in [-0.4, -0.2) is 49.2 Å². The number of aliphatic carboxylic acids is 1. The Kier molecular flexibility index (Phi) is 5.37. The summed E-state index contributed by atoms with van der Waals surface area (Å²) in [7, 11) is 5.23. The van der Waals surface area contributed by atoms with E-state index in [0.29, 0.717) is 12.1 Å². The van der Waals surface area contributed by atoms with Crippen molar-refractivity contribution in [2.24, 2.45) is 0 Å². The van der Waals surface area contributed by atoms with Gasteiger partial charge in [0.25, 0.3) is 0 Å². The first-order chi connectivity index (χ1) is 9.38. The van der Waals surface area contributed by atoms with Crippen LogP contribution in [0.25, 0.3) is 0 Å². The third-order valence-corrected chi connectivity index (χ3v) is 3.09. The van der Waals surface area contributed by atoms with E-state index in [4.69, 9.17) is 5.11 Å². The second kappa shape index (κ2) is 6.79. The Morgan fingerprint density at radius 1 is 1.25 bits per heavy atom. The molecule has 6 heteroatoms. The van der Waals surface area contributed by atoms with Crippen molar-refractivity contribution in [3.05, 3.63) is 24.3 Å². The van der Waals surface area contributed by atoms with Gasteiger partial charge < -0.3 is 20.2 Å². The van der Waals surface area contributed by atoms with Gasteiger partial charge in [0.2, 0.25) is 0 Å². The SMILES string of the molecule is CCC(C(=O)O)N(C)C(=O)Nc1ccccc1N(C)C. The quantitative estimate of drug-likeness (QED) is 0.865. The predicted octanol–water partition coefficient (Wildman–Crippen LogP) is 2.08. The molecule has 0 aromatic heterocycles. The number of carbonyl (C=O) groups excluding carboxylic acids is 1. The smallest absolute Gasteiger partial charge is 0.326 e. The normalized spacial score (nSPS) is 11.6. The van der Waals surface area contributed by atoms with Crippen LogP contribution in [0.4, 0.5) is 16.2 Å². The molecule has 2 N–H and O–H groups in total. The molecule has 1 rings (SSSR count). The molecule has 0 spiro atoms. The fourth-order valence-electron chi connectivity index (χ4n) is 1.93. The lowest BCUT2D eigenvalue weighted by Gasteiger charge is -2.25. The fraction of sp³-hybridized carbons (Fsp3) is 0.429. The number of anilines is 2. The van der Waals surface area contributed by atoms with Gasteiger partial charge in [0.1, 0.15) is 6.04 Å². The molecule has 0 aliphatic carbocycles. The van der Waals surface area contributed by atoms with E-state index in [1.807, 2.05) is 37.2 Å². The van der Waals surface area contributed by atoms with Crippen LogP contribution < -0.4 is 10.2 Å². The number of carboxylic acids is 1. The summed E-state index contributed by atoms with van der Waals surface area (Å²) in [5.41, 5.74) is 1.51. The first kappa shape index (κ1) is 15.8. The van der Waals surface area contributed by atoms with Gasteiger partial charge in [0.15, 0.2) is 0 Å². The van der Waals surface area contributed by atoms with Gasteiger partial charge in [-0.2, -0.15) is 0 Å². The monoisotopic (exact) mass is 279 g/mol. The van der Waals surface area contributed by atoms with Crippen LogP contribution >= 0.6 is 0 Å². The second-order valence-electron chi connectivity index (χ2n) is 4.71. The average Bonchev–Trinajstić information content (AvgIpc) is 2.39. The van der Waals surface area contributed by atoms with Gasteiger partial charge >= 0.3 is 12.0 Å². The summed E-state index contributed by atoms with van der Waals surface area (Å²) in [6.45, 7) is 1.73. The van der Waals surface area contributed by atoms with Crippen LogP contribution in [0.2, 0.25) is 0 Å². The van der Waals surface area contributed by atoms with Crippen LogP contribution in [0, 0.1) is 0 Å². The highest BCUT2D eigenvalue weighted by atomic mass is 16.4. The molecule has 0 heterocycles. The van der Waals surface area contributed by atoms with E-state index in [-0.39, 0.29) is 0 Å². The van der Waals surface area contributed by atoms with Crippen LogP contribution in [0.15, 0.2) is 24.3 Å². The first-order valence-corrected chi connectivity index (χ1v) is 6.41. The van der Waals surface area contributed by atoms with E-state index in [0.717, 1.165) is 5.69 Å². The summed E-state index contributed by atoms with van der Waals surface area (Å²) in [5, 5.41) is 11.8. The highest BCUT2D eigenvalue weighted by Gasteiger charge is 2.25. The number of nitrogens with one attached hydrogen (secondary N) is 1. The van der Waals surface area contributed by atoms with Crippen molar-refractivity contribution >= 4 is 23.4 Å². The minimum absolute atomic E-state index is 0.356. The van der Waals surface area contributed by atoms with E-state index in [1.54, 1.807) is 13.0 Å². The third-order valence-electron chi connectivity index (χ3n) is 3.09. The van der Waals surface area contributed by atoms with Gasteiger partial charge in [-0.25, -0.2) is 9.59 Å². The molecule has 1 aromatic rings. The van der Waals surface area contributed by atoms with Crippen LogP contribution in [0.5, 0.6) is 0 Å². The first-order valence-electron chi connectivity index (χ1n) is 6.41. The minimum atomic E-state index is -1.01. The van der Waals surface area contributed by atoms with Gasteiger partial charge in [-0.15, -0.1) is 0 Å². The number of likely N-dealkylation sites (N-methyl/N-ethyl adjacent to an activating group) is 1. The lowest BCUT2D eigenvalue weighted by atomic mass is 10.2. The van der Waals surface area contributed by atoms with Crippen LogP contribution in [0.3, 0.4) is 0 Å². The molecular weight excluding hydrogens is 258 g/mol. The van der Waals surface area contributed by atoms with Gasteiger partial charge in [-0.3, -0.25) is 0 Å². The molecule has 0 aliphatic heterocycles. The zero-order valence-corrected chi connectivity index (χ0v) is 12.3. The molecule has 110 valence electrons. The largest absolute Gasteiger partial charge is 0.480 e. The zero-order valence-electron chi connectivity index (χ0n) is 12.3. The molecule has 0 radical (unpaired) electrons. The number of rotatable bonds is 5. The highest BCUT2D eigenvalue weighted by Crippen LogP contribution is 2.23. The van der Waals surface area contributed by atoms with Crippen molar-refractivity contribution in [3.8, 4) is 0 Å². The van der Waals surface area contributed by atoms with E-state index in [9.17, 15) is 9.59 Å². The number of hydrogen-bond donors (Lipinski definition) is 2. The van der Waals surface area contributed by atoms with Gasteiger partial charge in [0, 0.05) is 21.1 Å². The molecule has 2 amide bonds. The van der Waals surface area contributed by atoms with Gasteiger partial charge in [-0.1, -0.05) is 19.1 Å². The summed E-state index contributed by atoms with van der Waals surface area (Å²) < 4.78 is 0. The van der Waals surface area contributed by atoms with Crippen molar-refractivity contribution in [2.45, 2.75) is 19.4 Å². The molecule has 0 fully saturated rings. The molecule has 0 saturated carbocycles. The second-order valence-corrected chi connectivity index (χ2v) is 4.71. The lowest BCUT2D eigenvalue weighted by molar-refractivity contribution is -0.141. The molecule has 1 atom stereocenters. The Balaban J connectivity index is 2.88. The number of nitrogens with zero attached hydrogens (tertiary/aromatic N) is 2. The average molecular weight is 279 g/mol. The van der Waals surface area contributed by atoms with E-state index in [2.05, 4.69) is 5.32 Å². The number of hydrogen-bond acceptors (Lipinski definition) is 3. The van der Waals surface area contributed by atoms with Crippen LogP contribution in [-0.2, 0) is 4.79 Å². The number of urea groups is 1. The number of amides is 2. The molecule has 20 heavy (non-hydrogen) atoms. The Morgan fingerprint density at radius 3 is 2.35 bits per heavy atom. The molecule has 0 bridgehead atoms. The Hall–Kier alpha value is -2.24. The zero-order chi connectivity index (χ0) is 15.3. The maximum absolute atomic E-state index is 12.1. The highest BCUT2D eigenvalue weighted by molar-refractivity contribution is 5.95. The maximum Gasteiger partial charge on any atom is 0.326 e. The van der Waals surface area contributed by atoms with Crippen LogP contribution in [0.1, 0.15) is 13.3 Å². The molecule has 6 nitrogen and oxygen atoms in total. The Bertz CT molecular complexity index is 488. The third kappa shape index (κ3) is 3.63. The molecule has 0 saturated heterocycles. The summed E-state index contributed by atoms with van der Waals surface area (Å²) in [5.74, 6) is -1.01. The van der Waals surface area contributed by atoms with Crippen molar-refractivity contribution < 1.29 is 14.7 Å². The molecular formula is C14H21N3O3. The van der Waals surface area contributed by atoms with Crippen molar-refractivity contribution in [1.82, 2.24) is 4.90 Å². The number of carbonyl (C=O) groups is 2. The number of para-hydroxylation sites is 2. The van der Waals surface area contributed by atoms with Crippen molar-refractivity contribution in [3.63, 3.8) is 0 Å². The molecule has 0 aliphatic rings. The summed E-state index contributed by atoms with van der Waals surface area (Å²) in [4.78, 5) is 26.3. The van der Waals surface area contributed by atoms with E-state index in [1.165, 1.54) is 11.9 Å². The lowest BCUT2D eigenvalue weighted by Crippen LogP contribution is -2.44. The Morgan fingerprint density at radius 2 is 1.85 bits per heavy atom. The minimum Gasteiger partial charge on any atom is -0.480 e. The van der Waals surface area contributed by atoms with Gasteiger partial charge in [0.05, 0.1) is 11.4 Å². The summed E-state index contributed by atoms with van der Waals surface area (Å²) in [6.07, 6.45) is 0.356. The Labute approximate surface area is 119 Å². The fourth-order valence-corrected chi connectivity index (χ4v) is 1.93. The molecule has 1 aromatic carbocycles. The number of benzene rings is 1. The summed E-state index contributed by atoms with van der Waals surface area (Å²) >= 11 is 0.